The largest absolute Gasteiger partial charge is 0.392 e. The molecule has 0 unspecified atom stereocenters. The van der Waals surface area contributed by atoms with E-state index in [1.807, 2.05) is 11.5 Å². The van der Waals surface area contributed by atoms with Crippen LogP contribution >= 0.6 is 0 Å². The highest BCUT2D eigenvalue weighted by Gasteiger charge is 2.48. The van der Waals surface area contributed by atoms with Crippen molar-refractivity contribution in [1.82, 2.24) is 20.1 Å². The Hall–Kier alpha value is -1.60. The van der Waals surface area contributed by atoms with Gasteiger partial charge in [-0.1, -0.05) is 19.8 Å². The number of aryl methyl sites for hydroxylation is 2. The Morgan fingerprint density at radius 1 is 1.25 bits per heavy atom. The van der Waals surface area contributed by atoms with E-state index >= 15 is 0 Å². The Bertz CT molecular complexity index is 585. The van der Waals surface area contributed by atoms with Crippen molar-refractivity contribution < 1.29 is 18.0 Å². The Kier molecular flexibility index (Phi) is 4.83. The topological polar surface area (TPSA) is 59.8 Å². The minimum Gasteiger partial charge on any atom is -0.351 e. The van der Waals surface area contributed by atoms with Gasteiger partial charge < -0.3 is 9.88 Å². The second-order valence-electron chi connectivity index (χ2n) is 6.78. The number of alkyl halides is 3. The third kappa shape index (κ3) is 3.42. The number of aromatic nitrogens is 3. The van der Waals surface area contributed by atoms with E-state index in [4.69, 9.17) is 0 Å². The Morgan fingerprint density at radius 3 is 2.71 bits per heavy atom. The van der Waals surface area contributed by atoms with E-state index in [-0.39, 0.29) is 12.5 Å². The molecular weight excluding hydrogens is 321 g/mol. The Morgan fingerprint density at radius 2 is 2.00 bits per heavy atom. The van der Waals surface area contributed by atoms with Crippen LogP contribution in [0.25, 0.3) is 0 Å². The van der Waals surface area contributed by atoms with Crippen LogP contribution in [0.4, 0.5) is 13.2 Å². The molecule has 1 aromatic heterocycles. The molecule has 3 atom stereocenters. The van der Waals surface area contributed by atoms with Gasteiger partial charge >= 0.3 is 6.18 Å². The molecule has 1 N–H and O–H groups in total. The fraction of sp³-hybridized carbons (Fsp3) is 0.812. The summed E-state index contributed by atoms with van der Waals surface area (Å²) in [5, 5.41) is 11.1. The molecule has 1 aromatic rings. The first kappa shape index (κ1) is 17.2. The Labute approximate surface area is 139 Å². The standard InChI is InChI=1S/C16H23F3N4O/c1-2-13-21-22-14-8-7-10(9-23(13)14)20-15(24)11-5-3-4-6-12(11)16(17,18)19/h10-12H,2-9H2,1H3,(H,20,24)/t10-,11+,12-/m1/s1. The molecule has 134 valence electrons. The van der Waals surface area contributed by atoms with E-state index in [1.54, 1.807) is 0 Å². The van der Waals surface area contributed by atoms with Crippen LogP contribution in [0.15, 0.2) is 0 Å². The van der Waals surface area contributed by atoms with Crippen molar-refractivity contribution in [3.8, 4) is 0 Å². The van der Waals surface area contributed by atoms with Crippen molar-refractivity contribution in [2.75, 3.05) is 0 Å². The van der Waals surface area contributed by atoms with E-state index in [1.165, 1.54) is 0 Å². The van der Waals surface area contributed by atoms with Gasteiger partial charge in [-0.3, -0.25) is 4.79 Å². The summed E-state index contributed by atoms with van der Waals surface area (Å²) in [4.78, 5) is 12.5. The number of carbonyl (C=O) groups is 1. The van der Waals surface area contributed by atoms with E-state index < -0.39 is 23.9 Å². The van der Waals surface area contributed by atoms with Gasteiger partial charge in [0.15, 0.2) is 0 Å². The molecule has 3 rings (SSSR count). The average Bonchev–Trinajstić information content (AvgIpc) is 2.96. The molecule has 0 bridgehead atoms. The number of amides is 1. The summed E-state index contributed by atoms with van der Waals surface area (Å²) in [5.41, 5.74) is 0. The number of carbonyl (C=O) groups excluding carboxylic acids is 1. The molecule has 0 radical (unpaired) electrons. The van der Waals surface area contributed by atoms with Crippen LogP contribution in [-0.4, -0.2) is 32.9 Å². The van der Waals surface area contributed by atoms with E-state index in [0.717, 1.165) is 18.1 Å². The molecule has 1 aliphatic carbocycles. The van der Waals surface area contributed by atoms with E-state index in [0.29, 0.717) is 38.6 Å². The van der Waals surface area contributed by atoms with Crippen molar-refractivity contribution >= 4 is 5.91 Å². The van der Waals surface area contributed by atoms with Gasteiger partial charge in [0.05, 0.1) is 5.92 Å². The van der Waals surface area contributed by atoms with E-state index in [9.17, 15) is 18.0 Å². The molecule has 2 heterocycles. The smallest absolute Gasteiger partial charge is 0.351 e. The molecule has 1 fully saturated rings. The summed E-state index contributed by atoms with van der Waals surface area (Å²) in [7, 11) is 0. The fourth-order valence-electron chi connectivity index (χ4n) is 3.91. The number of halogens is 3. The minimum atomic E-state index is -4.30. The first-order chi connectivity index (χ1) is 11.4. The van der Waals surface area contributed by atoms with Crippen molar-refractivity contribution in [3.05, 3.63) is 11.6 Å². The number of hydrogen-bond acceptors (Lipinski definition) is 3. The molecule has 0 spiro atoms. The van der Waals surface area contributed by atoms with Crippen LogP contribution < -0.4 is 5.32 Å². The van der Waals surface area contributed by atoms with Gasteiger partial charge in [0.1, 0.15) is 11.6 Å². The summed E-state index contributed by atoms with van der Waals surface area (Å²) in [6, 6.07) is -0.151. The van der Waals surface area contributed by atoms with Crippen LogP contribution in [-0.2, 0) is 24.2 Å². The zero-order valence-electron chi connectivity index (χ0n) is 13.8. The van der Waals surface area contributed by atoms with Crippen LogP contribution in [0.3, 0.4) is 0 Å². The number of fused-ring (bicyclic) bond motifs is 1. The third-order valence-corrected chi connectivity index (χ3v) is 5.21. The highest BCUT2D eigenvalue weighted by Crippen LogP contribution is 2.41. The normalized spacial score (nSPS) is 27.6. The van der Waals surface area contributed by atoms with Crippen molar-refractivity contribution in [3.63, 3.8) is 0 Å². The van der Waals surface area contributed by atoms with Crippen LogP contribution in [0.1, 0.15) is 50.7 Å². The van der Waals surface area contributed by atoms with Gasteiger partial charge in [0.25, 0.3) is 0 Å². The average molecular weight is 344 g/mol. The van der Waals surface area contributed by atoms with Gasteiger partial charge in [-0.25, -0.2) is 0 Å². The molecule has 8 heteroatoms. The monoisotopic (exact) mass is 344 g/mol. The predicted molar refractivity (Wildman–Crippen MR) is 81.2 cm³/mol. The summed E-state index contributed by atoms with van der Waals surface area (Å²) in [6.07, 6.45) is -0.574. The van der Waals surface area contributed by atoms with E-state index in [2.05, 4.69) is 15.5 Å². The molecule has 2 aliphatic rings. The number of nitrogens with one attached hydrogen (secondary N) is 1. The van der Waals surface area contributed by atoms with Gasteiger partial charge in [-0.2, -0.15) is 13.2 Å². The lowest BCUT2D eigenvalue weighted by Crippen LogP contribution is -2.48. The number of rotatable bonds is 3. The van der Waals surface area contributed by atoms with Gasteiger partial charge in [0, 0.05) is 31.3 Å². The maximum atomic E-state index is 13.2. The third-order valence-electron chi connectivity index (χ3n) is 5.21. The summed E-state index contributed by atoms with van der Waals surface area (Å²) in [6.45, 7) is 2.52. The van der Waals surface area contributed by atoms with Crippen molar-refractivity contribution in [1.29, 1.82) is 0 Å². The first-order valence-corrected chi connectivity index (χ1v) is 8.68. The number of nitrogens with zero attached hydrogens (tertiary/aromatic N) is 3. The van der Waals surface area contributed by atoms with Gasteiger partial charge in [-0.15, -0.1) is 10.2 Å². The maximum Gasteiger partial charge on any atom is 0.392 e. The zero-order chi connectivity index (χ0) is 17.3. The molecule has 1 saturated carbocycles. The highest BCUT2D eigenvalue weighted by atomic mass is 19.4. The van der Waals surface area contributed by atoms with Crippen LogP contribution in [0.5, 0.6) is 0 Å². The molecular formula is C16H23F3N4O. The predicted octanol–water partition coefficient (Wildman–Crippen LogP) is 2.64. The summed E-state index contributed by atoms with van der Waals surface area (Å²) >= 11 is 0. The Balaban J connectivity index is 1.66. The first-order valence-electron chi connectivity index (χ1n) is 8.68. The summed E-state index contributed by atoms with van der Waals surface area (Å²) in [5.74, 6) is -1.16. The van der Waals surface area contributed by atoms with Crippen molar-refractivity contribution in [2.24, 2.45) is 11.8 Å². The van der Waals surface area contributed by atoms with Crippen LogP contribution in [0.2, 0.25) is 0 Å². The zero-order valence-corrected chi connectivity index (χ0v) is 13.8. The highest BCUT2D eigenvalue weighted by molar-refractivity contribution is 5.79. The molecule has 0 saturated heterocycles. The van der Waals surface area contributed by atoms with Gasteiger partial charge in [0.2, 0.25) is 5.91 Å². The maximum absolute atomic E-state index is 13.2. The molecule has 24 heavy (non-hydrogen) atoms. The second-order valence-corrected chi connectivity index (χ2v) is 6.78. The molecule has 5 nitrogen and oxygen atoms in total. The molecule has 0 aromatic carbocycles. The lowest BCUT2D eigenvalue weighted by Gasteiger charge is -2.34. The minimum absolute atomic E-state index is 0.0574. The lowest BCUT2D eigenvalue weighted by molar-refractivity contribution is -0.198. The number of hydrogen-bond donors (Lipinski definition) is 1. The summed E-state index contributed by atoms with van der Waals surface area (Å²) < 4.78 is 41.5. The van der Waals surface area contributed by atoms with Crippen LogP contribution in [0, 0.1) is 11.8 Å². The van der Waals surface area contributed by atoms with Crippen molar-refractivity contribution in [2.45, 2.75) is 70.6 Å². The second kappa shape index (κ2) is 6.72. The fourth-order valence-corrected chi connectivity index (χ4v) is 3.91. The quantitative estimate of drug-likeness (QED) is 0.917. The lowest BCUT2D eigenvalue weighted by atomic mass is 9.78. The SMILES string of the molecule is CCc1nnc2n1C[C@H](NC(=O)[C@H]1CCCC[C@H]1C(F)(F)F)CC2. The molecule has 1 aliphatic heterocycles. The van der Waals surface area contributed by atoms with Gasteiger partial charge in [-0.05, 0) is 19.3 Å². The molecule has 1 amide bonds.